The van der Waals surface area contributed by atoms with Gasteiger partial charge in [0.15, 0.2) is 0 Å². The number of thiophene rings is 1. The van der Waals surface area contributed by atoms with Crippen LogP contribution in [0.3, 0.4) is 0 Å². The topological polar surface area (TPSA) is 4.93 Å². The predicted molar refractivity (Wildman–Crippen MR) is 124 cm³/mol. The van der Waals surface area contributed by atoms with Gasteiger partial charge < -0.3 is 4.57 Å². The smallest absolute Gasteiger partial charge is 0.0727 e. The quantitative estimate of drug-likeness (QED) is 0.274. The Morgan fingerprint density at radius 3 is 2.34 bits per heavy atom. The van der Waals surface area contributed by atoms with E-state index in [4.69, 9.17) is 0 Å². The Balaban J connectivity index is 1.64. The molecule has 2 heteroatoms. The largest absolute Gasteiger partial charge is 0.308 e. The van der Waals surface area contributed by atoms with Crippen LogP contribution in [-0.4, -0.2) is 4.57 Å². The average molecular weight is 388 g/mol. The minimum Gasteiger partial charge on any atom is -0.308 e. The van der Waals surface area contributed by atoms with Gasteiger partial charge in [-0.3, -0.25) is 0 Å². The lowest BCUT2D eigenvalue weighted by Gasteiger charge is -2.08. The molecule has 7 rings (SSSR count). The Morgan fingerprint density at radius 2 is 1.41 bits per heavy atom. The molecule has 2 heterocycles. The zero-order chi connectivity index (χ0) is 18.9. The Hall–Kier alpha value is -3.36. The molecule has 0 bridgehead atoms. The first-order valence-electron chi connectivity index (χ1n) is 10.0. The lowest BCUT2D eigenvalue weighted by atomic mass is 10.0. The second kappa shape index (κ2) is 5.59. The van der Waals surface area contributed by atoms with Gasteiger partial charge in [-0.15, -0.1) is 11.3 Å². The maximum Gasteiger partial charge on any atom is 0.0727 e. The third-order valence-electron chi connectivity index (χ3n) is 6.24. The van der Waals surface area contributed by atoms with Crippen LogP contribution in [-0.2, 0) is 6.42 Å². The van der Waals surface area contributed by atoms with Crippen LogP contribution >= 0.6 is 11.3 Å². The highest BCUT2D eigenvalue weighted by molar-refractivity contribution is 7.27. The van der Waals surface area contributed by atoms with Crippen molar-refractivity contribution in [2.75, 3.05) is 0 Å². The fourth-order valence-corrected chi connectivity index (χ4v) is 6.35. The van der Waals surface area contributed by atoms with Gasteiger partial charge in [0, 0.05) is 27.6 Å². The van der Waals surface area contributed by atoms with E-state index in [9.17, 15) is 0 Å². The molecule has 2 aromatic heterocycles. The van der Waals surface area contributed by atoms with Crippen molar-refractivity contribution in [3.63, 3.8) is 0 Å². The van der Waals surface area contributed by atoms with Crippen molar-refractivity contribution >= 4 is 42.5 Å². The number of nitrogens with zero attached hydrogens (tertiary/aromatic N) is 1. The van der Waals surface area contributed by atoms with Gasteiger partial charge in [0.25, 0.3) is 0 Å². The van der Waals surface area contributed by atoms with Crippen molar-refractivity contribution in [2.45, 2.75) is 6.42 Å². The summed E-state index contributed by atoms with van der Waals surface area (Å²) in [6.45, 7) is 0. The summed E-state index contributed by atoms with van der Waals surface area (Å²) in [6, 6.07) is 33.1. The monoisotopic (exact) mass is 387 g/mol. The maximum absolute atomic E-state index is 2.44. The fourth-order valence-electron chi connectivity index (χ4n) is 4.99. The second-order valence-electron chi connectivity index (χ2n) is 7.77. The van der Waals surface area contributed by atoms with E-state index in [0.29, 0.717) is 0 Å². The van der Waals surface area contributed by atoms with Crippen LogP contribution in [0.15, 0.2) is 91.0 Å². The summed E-state index contributed by atoms with van der Waals surface area (Å²) >= 11 is 1.96. The lowest BCUT2D eigenvalue weighted by molar-refractivity contribution is 1.19. The van der Waals surface area contributed by atoms with Gasteiger partial charge in [-0.2, -0.15) is 0 Å². The summed E-state index contributed by atoms with van der Waals surface area (Å²) in [5, 5.41) is 2.72. The predicted octanol–water partition coefficient (Wildman–Crippen LogP) is 7.57. The molecule has 0 amide bonds. The molecule has 0 saturated heterocycles. The first-order chi connectivity index (χ1) is 14.4. The van der Waals surface area contributed by atoms with Gasteiger partial charge in [-0.1, -0.05) is 72.8 Å². The Kier molecular flexibility index (Phi) is 3.00. The lowest BCUT2D eigenvalue weighted by Crippen LogP contribution is -1.93. The van der Waals surface area contributed by atoms with Crippen LogP contribution in [0.1, 0.15) is 11.1 Å². The molecule has 0 saturated carbocycles. The summed E-state index contributed by atoms with van der Waals surface area (Å²) in [6.07, 6.45) is 1.04. The molecule has 6 aromatic rings. The van der Waals surface area contributed by atoms with E-state index >= 15 is 0 Å². The third-order valence-corrected chi connectivity index (χ3v) is 7.52. The minimum absolute atomic E-state index is 1.04. The average Bonchev–Trinajstić information content (AvgIpc) is 3.43. The zero-order valence-electron chi connectivity index (χ0n) is 15.7. The van der Waals surface area contributed by atoms with Crippen molar-refractivity contribution in [1.29, 1.82) is 0 Å². The summed E-state index contributed by atoms with van der Waals surface area (Å²) in [5.74, 6) is 0. The van der Waals surface area contributed by atoms with Crippen molar-refractivity contribution in [2.24, 2.45) is 0 Å². The maximum atomic E-state index is 2.44. The molecule has 4 aromatic carbocycles. The summed E-state index contributed by atoms with van der Waals surface area (Å²) in [7, 11) is 0. The number of aromatic nitrogens is 1. The number of hydrogen-bond acceptors (Lipinski definition) is 1. The molecule has 0 fully saturated rings. The SMILES string of the molecule is c1ccc(-n2c3ccccc3c3sc4c5c(ccc4c32)-c2ccccc2C5)cc1. The number of benzene rings is 4. The molecule has 136 valence electrons. The molecule has 0 spiro atoms. The third kappa shape index (κ3) is 1.99. The van der Waals surface area contributed by atoms with Crippen LogP contribution in [0.25, 0.3) is 48.0 Å². The standard InChI is InChI=1S/C27H17NS/c1-2-9-18(10-3-1)28-24-13-7-6-12-21(24)27-25(28)22-15-14-20-19-11-5-4-8-17(19)16-23(20)26(22)29-27/h1-15H,16H2. The van der Waals surface area contributed by atoms with Gasteiger partial charge >= 0.3 is 0 Å². The molecular weight excluding hydrogens is 370 g/mol. The van der Waals surface area contributed by atoms with Gasteiger partial charge in [0.2, 0.25) is 0 Å². The Morgan fingerprint density at radius 1 is 0.621 bits per heavy atom. The number of rotatable bonds is 1. The van der Waals surface area contributed by atoms with Crippen molar-refractivity contribution in [1.82, 2.24) is 4.57 Å². The highest BCUT2D eigenvalue weighted by Crippen LogP contribution is 2.48. The number of fused-ring (bicyclic) bond motifs is 9. The number of para-hydroxylation sites is 2. The second-order valence-corrected chi connectivity index (χ2v) is 8.79. The van der Waals surface area contributed by atoms with Gasteiger partial charge in [-0.25, -0.2) is 0 Å². The molecule has 0 radical (unpaired) electrons. The van der Waals surface area contributed by atoms with Crippen LogP contribution < -0.4 is 0 Å². The molecule has 0 atom stereocenters. The van der Waals surface area contributed by atoms with E-state index < -0.39 is 0 Å². The first kappa shape index (κ1) is 15.5. The number of hydrogen-bond donors (Lipinski definition) is 0. The molecule has 0 unspecified atom stereocenters. The van der Waals surface area contributed by atoms with Gasteiger partial charge in [0.1, 0.15) is 0 Å². The Labute approximate surface area is 172 Å². The molecule has 0 N–H and O–H groups in total. The van der Waals surface area contributed by atoms with Crippen LogP contribution in [0, 0.1) is 0 Å². The minimum atomic E-state index is 1.04. The van der Waals surface area contributed by atoms with E-state index in [1.54, 1.807) is 0 Å². The Bertz CT molecular complexity index is 1570. The highest BCUT2D eigenvalue weighted by atomic mass is 32.1. The highest BCUT2D eigenvalue weighted by Gasteiger charge is 2.24. The van der Waals surface area contributed by atoms with E-state index in [1.807, 2.05) is 11.3 Å². The first-order valence-corrected chi connectivity index (χ1v) is 10.8. The zero-order valence-corrected chi connectivity index (χ0v) is 16.5. The molecule has 0 aliphatic heterocycles. The summed E-state index contributed by atoms with van der Waals surface area (Å²) in [4.78, 5) is 0. The molecule has 1 aliphatic carbocycles. The fraction of sp³-hybridized carbons (Fsp3) is 0.0370. The van der Waals surface area contributed by atoms with E-state index in [-0.39, 0.29) is 0 Å². The van der Waals surface area contributed by atoms with E-state index in [2.05, 4.69) is 95.6 Å². The van der Waals surface area contributed by atoms with E-state index in [0.717, 1.165) is 6.42 Å². The van der Waals surface area contributed by atoms with Crippen molar-refractivity contribution in [3.8, 4) is 16.8 Å². The van der Waals surface area contributed by atoms with Gasteiger partial charge in [-0.05, 0) is 40.5 Å². The van der Waals surface area contributed by atoms with Crippen molar-refractivity contribution < 1.29 is 0 Å². The van der Waals surface area contributed by atoms with Crippen LogP contribution in [0.2, 0.25) is 0 Å². The molecule has 29 heavy (non-hydrogen) atoms. The summed E-state index contributed by atoms with van der Waals surface area (Å²) < 4.78 is 5.28. The normalized spacial score (nSPS) is 12.7. The van der Waals surface area contributed by atoms with Gasteiger partial charge in [0.05, 0.1) is 15.7 Å². The molecular formula is C27H17NS. The molecule has 1 nitrogen and oxygen atoms in total. The van der Waals surface area contributed by atoms with Crippen LogP contribution in [0.5, 0.6) is 0 Å². The van der Waals surface area contributed by atoms with Crippen LogP contribution in [0.4, 0.5) is 0 Å². The molecule has 1 aliphatic rings. The van der Waals surface area contributed by atoms with Crippen molar-refractivity contribution in [3.05, 3.63) is 102 Å². The van der Waals surface area contributed by atoms with E-state index in [1.165, 1.54) is 59.1 Å². The summed E-state index contributed by atoms with van der Waals surface area (Å²) in [5.41, 5.74) is 9.60.